The highest BCUT2D eigenvalue weighted by molar-refractivity contribution is 6.24. The molecule has 1 aliphatic rings. The maximum atomic E-state index is 12.3. The van der Waals surface area contributed by atoms with Crippen molar-refractivity contribution in [1.29, 1.82) is 5.26 Å². The van der Waals surface area contributed by atoms with Crippen molar-refractivity contribution in [3.05, 3.63) is 52.1 Å². The van der Waals surface area contributed by atoms with Gasteiger partial charge in [0.15, 0.2) is 11.6 Å². The van der Waals surface area contributed by atoms with Gasteiger partial charge in [0.25, 0.3) is 0 Å². The first kappa shape index (κ1) is 18.3. The van der Waals surface area contributed by atoms with E-state index in [1.165, 1.54) is 0 Å². The van der Waals surface area contributed by atoms with E-state index in [1.807, 2.05) is 6.07 Å². The number of nitriles is 1. The molecule has 5 heteroatoms. The Morgan fingerprint density at radius 1 is 1.08 bits per heavy atom. The summed E-state index contributed by atoms with van der Waals surface area (Å²) in [5.41, 5.74) is 3.02. The maximum absolute atomic E-state index is 12.3. The van der Waals surface area contributed by atoms with Gasteiger partial charge in [-0.05, 0) is 51.8 Å². The predicted octanol–water partition coefficient (Wildman–Crippen LogP) is 3.47. The molecule has 0 saturated carbocycles. The van der Waals surface area contributed by atoms with Gasteiger partial charge in [0, 0.05) is 34.4 Å². The summed E-state index contributed by atoms with van der Waals surface area (Å²) in [5.74, 6) is -0.382. The third-order valence-electron chi connectivity index (χ3n) is 4.42. The molecule has 0 radical (unpaired) electrons. The van der Waals surface area contributed by atoms with E-state index in [4.69, 9.17) is 5.26 Å². The van der Waals surface area contributed by atoms with Crippen molar-refractivity contribution < 1.29 is 14.4 Å². The molecule has 0 aliphatic heterocycles. The first-order chi connectivity index (χ1) is 11.8. The van der Waals surface area contributed by atoms with Crippen molar-refractivity contribution >= 4 is 23.2 Å². The highest BCUT2D eigenvalue weighted by Crippen LogP contribution is 2.27. The Hall–Kier alpha value is -3.00. The van der Waals surface area contributed by atoms with Crippen LogP contribution in [-0.2, 0) is 14.4 Å². The number of nitrogens with zero attached hydrogens (tertiary/aromatic N) is 1. The van der Waals surface area contributed by atoms with Crippen LogP contribution in [0.15, 0.2) is 46.6 Å². The van der Waals surface area contributed by atoms with Crippen LogP contribution < -0.4 is 5.32 Å². The van der Waals surface area contributed by atoms with E-state index in [9.17, 15) is 14.4 Å². The lowest BCUT2D eigenvalue weighted by Crippen LogP contribution is -2.21. The number of Topliss-reactive ketones (excluding diaryl/α,β-unsaturated/α-hetero) is 2. The summed E-state index contributed by atoms with van der Waals surface area (Å²) in [4.78, 5) is 36.5. The fraction of sp³-hybridized carbons (Fsp3) is 0.300. The van der Waals surface area contributed by atoms with E-state index in [2.05, 4.69) is 5.32 Å². The van der Waals surface area contributed by atoms with Gasteiger partial charge in [0.05, 0.1) is 11.6 Å². The first-order valence-corrected chi connectivity index (χ1v) is 8.11. The number of benzene rings is 1. The number of nitrogens with one attached hydrogen (secondary N) is 1. The Balaban J connectivity index is 1.94. The van der Waals surface area contributed by atoms with Crippen LogP contribution >= 0.6 is 0 Å². The van der Waals surface area contributed by atoms with Gasteiger partial charge >= 0.3 is 0 Å². The minimum atomic E-state index is -0.189. The lowest BCUT2D eigenvalue weighted by Gasteiger charge is -2.18. The number of carbonyl (C=O) groups is 3. The number of rotatable bonds is 5. The van der Waals surface area contributed by atoms with Crippen LogP contribution in [0, 0.1) is 11.3 Å². The van der Waals surface area contributed by atoms with Crippen molar-refractivity contribution in [1.82, 2.24) is 0 Å². The van der Waals surface area contributed by atoms with E-state index in [1.54, 1.807) is 45.0 Å². The summed E-state index contributed by atoms with van der Waals surface area (Å²) in [7, 11) is 0. The van der Waals surface area contributed by atoms with Gasteiger partial charge in [-0.1, -0.05) is 6.07 Å². The number of amides is 1. The molecule has 0 unspecified atom stereocenters. The highest BCUT2D eigenvalue weighted by atomic mass is 16.2. The van der Waals surface area contributed by atoms with E-state index >= 15 is 0 Å². The molecule has 1 amide bonds. The Morgan fingerprint density at radius 3 is 2.44 bits per heavy atom. The number of anilines is 1. The molecule has 0 atom stereocenters. The number of hydrogen-bond donors (Lipinski definition) is 1. The fourth-order valence-corrected chi connectivity index (χ4v) is 2.77. The minimum Gasteiger partial charge on any atom is -0.326 e. The Bertz CT molecular complexity index is 854. The Morgan fingerprint density at radius 2 is 1.76 bits per heavy atom. The quantitative estimate of drug-likeness (QED) is 0.834. The molecule has 0 spiro atoms. The molecule has 1 aromatic carbocycles. The molecule has 2 rings (SSSR count). The standard InChI is InChI=1S/C20H20N2O3/c1-12-13(2)20(25)17(14(3)19(12)24)8-5-9-18(23)22-16-7-4-6-15(10-16)11-21/h4,6-7,10H,5,8-9H2,1-3H3,(H,22,23). The fourth-order valence-electron chi connectivity index (χ4n) is 2.77. The Kier molecular flexibility index (Phi) is 5.66. The van der Waals surface area contributed by atoms with Crippen LogP contribution in [0.4, 0.5) is 5.69 Å². The van der Waals surface area contributed by atoms with Crippen molar-refractivity contribution in [3.63, 3.8) is 0 Å². The molecule has 0 heterocycles. The summed E-state index contributed by atoms with van der Waals surface area (Å²) < 4.78 is 0. The van der Waals surface area contributed by atoms with Crippen LogP contribution in [0.25, 0.3) is 0 Å². The highest BCUT2D eigenvalue weighted by Gasteiger charge is 2.27. The molecule has 25 heavy (non-hydrogen) atoms. The molecular formula is C20H20N2O3. The second kappa shape index (κ2) is 7.71. The summed E-state index contributed by atoms with van der Waals surface area (Å²) in [6, 6.07) is 8.69. The number of allylic oxidation sites excluding steroid dienone is 4. The molecule has 0 aromatic heterocycles. The zero-order chi connectivity index (χ0) is 18.6. The second-order valence-corrected chi connectivity index (χ2v) is 6.11. The topological polar surface area (TPSA) is 87.0 Å². The van der Waals surface area contributed by atoms with E-state index in [0.29, 0.717) is 46.4 Å². The number of hydrogen-bond acceptors (Lipinski definition) is 4. The summed E-state index contributed by atoms with van der Waals surface area (Å²) >= 11 is 0. The van der Waals surface area contributed by atoms with Gasteiger partial charge in [0.1, 0.15) is 0 Å². The molecule has 1 N–H and O–H groups in total. The molecule has 1 aromatic rings. The van der Waals surface area contributed by atoms with Crippen LogP contribution in [0.2, 0.25) is 0 Å². The van der Waals surface area contributed by atoms with Gasteiger partial charge in [-0.2, -0.15) is 5.26 Å². The van der Waals surface area contributed by atoms with Gasteiger partial charge in [-0.15, -0.1) is 0 Å². The largest absolute Gasteiger partial charge is 0.326 e. The van der Waals surface area contributed by atoms with E-state index in [0.717, 1.165) is 0 Å². The van der Waals surface area contributed by atoms with Gasteiger partial charge < -0.3 is 5.32 Å². The van der Waals surface area contributed by atoms with Crippen LogP contribution in [0.5, 0.6) is 0 Å². The van der Waals surface area contributed by atoms with E-state index in [-0.39, 0.29) is 23.9 Å². The lowest BCUT2D eigenvalue weighted by molar-refractivity contribution is -0.117. The number of carbonyl (C=O) groups excluding carboxylic acids is 3. The molecule has 0 bridgehead atoms. The molecule has 0 saturated heterocycles. The monoisotopic (exact) mass is 336 g/mol. The molecule has 1 aliphatic carbocycles. The van der Waals surface area contributed by atoms with Gasteiger partial charge in [-0.3, -0.25) is 14.4 Å². The van der Waals surface area contributed by atoms with Gasteiger partial charge in [0.2, 0.25) is 5.91 Å². The zero-order valence-electron chi connectivity index (χ0n) is 14.6. The van der Waals surface area contributed by atoms with E-state index < -0.39 is 0 Å². The smallest absolute Gasteiger partial charge is 0.224 e. The van der Waals surface area contributed by atoms with Crippen LogP contribution in [-0.4, -0.2) is 17.5 Å². The molecule has 128 valence electrons. The van der Waals surface area contributed by atoms with Crippen molar-refractivity contribution in [3.8, 4) is 6.07 Å². The van der Waals surface area contributed by atoms with Crippen molar-refractivity contribution in [2.75, 3.05) is 5.32 Å². The van der Waals surface area contributed by atoms with Gasteiger partial charge in [-0.25, -0.2) is 0 Å². The lowest BCUT2D eigenvalue weighted by atomic mass is 9.84. The number of ketones is 2. The second-order valence-electron chi connectivity index (χ2n) is 6.11. The zero-order valence-corrected chi connectivity index (χ0v) is 14.6. The van der Waals surface area contributed by atoms with Crippen molar-refractivity contribution in [2.45, 2.75) is 40.0 Å². The summed E-state index contributed by atoms with van der Waals surface area (Å²) in [5, 5.41) is 11.6. The SMILES string of the molecule is CC1=C(C)C(=O)C(CCCC(=O)Nc2cccc(C#N)c2)=C(C)C1=O. The van der Waals surface area contributed by atoms with Crippen LogP contribution in [0.1, 0.15) is 45.6 Å². The third kappa shape index (κ3) is 4.10. The normalized spacial score (nSPS) is 14.6. The molecule has 0 fully saturated rings. The molecule has 5 nitrogen and oxygen atoms in total. The average molecular weight is 336 g/mol. The minimum absolute atomic E-state index is 0.0927. The predicted molar refractivity (Wildman–Crippen MR) is 94.7 cm³/mol. The summed E-state index contributed by atoms with van der Waals surface area (Å²) in [6.07, 6.45) is 1.10. The average Bonchev–Trinajstić information content (AvgIpc) is 2.61. The third-order valence-corrected chi connectivity index (χ3v) is 4.42. The maximum Gasteiger partial charge on any atom is 0.224 e. The molecular weight excluding hydrogens is 316 g/mol. The first-order valence-electron chi connectivity index (χ1n) is 8.11. The van der Waals surface area contributed by atoms with Crippen molar-refractivity contribution in [2.24, 2.45) is 0 Å². The Labute approximate surface area is 147 Å². The van der Waals surface area contributed by atoms with Crippen LogP contribution in [0.3, 0.4) is 0 Å². The summed E-state index contributed by atoms with van der Waals surface area (Å²) in [6.45, 7) is 4.99.